The van der Waals surface area contributed by atoms with E-state index < -0.39 is 0 Å². The summed E-state index contributed by atoms with van der Waals surface area (Å²) >= 11 is 0. The third-order valence-corrected chi connectivity index (χ3v) is 13.4. The van der Waals surface area contributed by atoms with Gasteiger partial charge in [0.2, 0.25) is 0 Å². The summed E-state index contributed by atoms with van der Waals surface area (Å²) in [5.41, 5.74) is 17.5. The summed E-state index contributed by atoms with van der Waals surface area (Å²) < 4.78 is 4.90. The number of nitrogens with zero attached hydrogens (tertiary/aromatic N) is 5. The number of hydrogen-bond donors (Lipinski definition) is 0. The van der Waals surface area contributed by atoms with Gasteiger partial charge in [-0.2, -0.15) is 0 Å². The minimum absolute atomic E-state index is 0.601. The Morgan fingerprint density at radius 3 is 1.17 bits per heavy atom. The molecule has 3 aromatic heterocycles. The van der Waals surface area contributed by atoms with Crippen molar-refractivity contribution in [3.63, 3.8) is 0 Å². The van der Waals surface area contributed by atoms with E-state index >= 15 is 0 Å². The van der Waals surface area contributed by atoms with Crippen LogP contribution in [-0.2, 0) is 0 Å². The molecular formula is C64H43N5. The summed E-state index contributed by atoms with van der Waals surface area (Å²) in [4.78, 5) is 15.5. The molecule has 0 saturated carbocycles. The molecule has 0 fully saturated rings. The van der Waals surface area contributed by atoms with Crippen molar-refractivity contribution in [2.75, 3.05) is 0 Å². The third-order valence-electron chi connectivity index (χ3n) is 13.4. The number of hydrogen-bond acceptors (Lipinski definition) is 3. The van der Waals surface area contributed by atoms with Crippen molar-refractivity contribution in [1.82, 2.24) is 24.1 Å². The molecule has 0 radical (unpaired) electrons. The molecule has 0 aliphatic heterocycles. The van der Waals surface area contributed by atoms with E-state index in [1.165, 1.54) is 49.4 Å². The maximum absolute atomic E-state index is 5.23. The third kappa shape index (κ3) is 6.99. The van der Waals surface area contributed by atoms with Crippen molar-refractivity contribution in [1.29, 1.82) is 0 Å². The first-order valence-corrected chi connectivity index (χ1v) is 23.4. The number of fused-ring (bicyclic) bond motifs is 6. The summed E-state index contributed by atoms with van der Waals surface area (Å²) in [5.74, 6) is 1.85. The van der Waals surface area contributed by atoms with Gasteiger partial charge in [-0.3, -0.25) is 0 Å². The van der Waals surface area contributed by atoms with Crippen molar-refractivity contribution in [3.05, 3.63) is 248 Å². The molecule has 3 heterocycles. The molecule has 0 aliphatic carbocycles. The molecule has 0 N–H and O–H groups in total. The zero-order valence-electron chi connectivity index (χ0n) is 37.8. The Balaban J connectivity index is 1.10. The molecular weight excluding hydrogens is 839 g/mol. The smallest absolute Gasteiger partial charge is 0.164 e. The van der Waals surface area contributed by atoms with Gasteiger partial charge < -0.3 is 9.13 Å². The zero-order valence-corrected chi connectivity index (χ0v) is 37.8. The molecule has 0 atom stereocenters. The Labute approximate surface area is 399 Å². The first-order valence-electron chi connectivity index (χ1n) is 23.4. The van der Waals surface area contributed by atoms with Gasteiger partial charge in [0.1, 0.15) is 0 Å². The lowest BCUT2D eigenvalue weighted by Gasteiger charge is -2.20. The van der Waals surface area contributed by atoms with Gasteiger partial charge >= 0.3 is 0 Å². The minimum Gasteiger partial charge on any atom is -0.309 e. The van der Waals surface area contributed by atoms with Crippen LogP contribution in [0.4, 0.5) is 0 Å². The highest BCUT2D eigenvalue weighted by Gasteiger charge is 2.23. The van der Waals surface area contributed by atoms with E-state index in [0.717, 1.165) is 61.3 Å². The Hall–Kier alpha value is -9.19. The van der Waals surface area contributed by atoms with Gasteiger partial charge in [-0.25, -0.2) is 15.0 Å². The quantitative estimate of drug-likeness (QED) is 0.153. The predicted molar refractivity (Wildman–Crippen MR) is 286 cm³/mol. The number of aromatic nitrogens is 5. The van der Waals surface area contributed by atoms with E-state index in [1.807, 2.05) is 36.4 Å². The molecule has 5 heteroatoms. The molecule has 0 spiro atoms. The van der Waals surface area contributed by atoms with Crippen molar-refractivity contribution in [2.24, 2.45) is 0 Å². The number of benzene rings is 10. The average Bonchev–Trinajstić information content (AvgIpc) is 3.93. The number of para-hydroxylation sites is 2. The molecule has 13 rings (SSSR count). The van der Waals surface area contributed by atoms with Crippen LogP contribution in [0, 0.1) is 6.92 Å². The van der Waals surface area contributed by atoms with E-state index in [0.29, 0.717) is 17.5 Å². The fourth-order valence-electron chi connectivity index (χ4n) is 10.2. The van der Waals surface area contributed by atoms with Crippen molar-refractivity contribution in [2.45, 2.75) is 6.92 Å². The molecule has 69 heavy (non-hydrogen) atoms. The molecule has 13 aromatic rings. The first kappa shape index (κ1) is 40.1. The largest absolute Gasteiger partial charge is 0.309 e. The predicted octanol–water partition coefficient (Wildman–Crippen LogP) is 16.4. The second-order valence-electron chi connectivity index (χ2n) is 17.7. The van der Waals surface area contributed by atoms with Crippen LogP contribution in [0.3, 0.4) is 0 Å². The zero-order chi connectivity index (χ0) is 45.8. The Morgan fingerprint density at radius 1 is 0.261 bits per heavy atom. The number of rotatable bonds is 8. The van der Waals surface area contributed by atoms with Crippen molar-refractivity contribution < 1.29 is 0 Å². The fourth-order valence-corrected chi connectivity index (χ4v) is 10.2. The second kappa shape index (κ2) is 16.6. The van der Waals surface area contributed by atoms with E-state index in [1.54, 1.807) is 0 Å². The van der Waals surface area contributed by atoms with Gasteiger partial charge in [-0.05, 0) is 83.8 Å². The van der Waals surface area contributed by atoms with Gasteiger partial charge in [-0.15, -0.1) is 0 Å². The van der Waals surface area contributed by atoms with E-state index in [-0.39, 0.29) is 0 Å². The van der Waals surface area contributed by atoms with Crippen molar-refractivity contribution >= 4 is 43.6 Å². The Morgan fingerprint density at radius 2 is 0.667 bits per heavy atom. The SMILES string of the molecule is Cc1ccc(-n2c3ccccc3c3cc(-c4ccccc4)ccc32)c(-c2ccc(-c3nc(-c4ccccc4)nc(-c4ccccc4)n3)cc2-n2c3ccccc3c3cc(-c4ccccc4)ccc32)c1. The fraction of sp³-hybridized carbons (Fsp3) is 0.0156. The molecule has 0 aliphatic rings. The van der Waals surface area contributed by atoms with Crippen LogP contribution in [-0.4, -0.2) is 24.1 Å². The lowest BCUT2D eigenvalue weighted by molar-refractivity contribution is 1.07. The van der Waals surface area contributed by atoms with Crippen LogP contribution in [0.15, 0.2) is 243 Å². The van der Waals surface area contributed by atoms with Gasteiger partial charge in [0, 0.05) is 49.4 Å². The summed E-state index contributed by atoms with van der Waals surface area (Å²) in [6, 6.07) is 86.6. The molecule has 0 bridgehead atoms. The van der Waals surface area contributed by atoms with Gasteiger partial charge in [-0.1, -0.05) is 194 Å². The Bertz CT molecular complexity index is 4000. The number of aryl methyl sites for hydroxylation is 1. The molecule has 5 nitrogen and oxygen atoms in total. The first-order chi connectivity index (χ1) is 34.1. The van der Waals surface area contributed by atoms with Crippen LogP contribution in [0.2, 0.25) is 0 Å². The standard InChI is InChI=1S/C64H43N5/c1-42-30-35-58(68-56-28-16-14-26-50(56)54-39-47(32-36-59(54)68)43-18-6-2-7-19-43)53(38-42)52-34-31-49(64-66-62(45-22-10-4-11-23-45)65-63(67-64)46-24-12-5-13-25-46)41-61(52)69-57-29-17-15-27-51(57)55-40-48(33-37-60(55)69)44-20-8-3-9-21-44/h2-41H,1H3. The summed E-state index contributed by atoms with van der Waals surface area (Å²) in [7, 11) is 0. The normalized spacial score (nSPS) is 11.6. The monoisotopic (exact) mass is 881 g/mol. The van der Waals surface area contributed by atoms with Crippen LogP contribution in [0.5, 0.6) is 0 Å². The summed E-state index contributed by atoms with van der Waals surface area (Å²) in [5, 5.41) is 4.79. The highest BCUT2D eigenvalue weighted by atomic mass is 15.0. The second-order valence-corrected chi connectivity index (χ2v) is 17.7. The van der Waals surface area contributed by atoms with Crippen LogP contribution < -0.4 is 0 Å². The highest BCUT2D eigenvalue weighted by Crippen LogP contribution is 2.43. The molecule has 0 amide bonds. The minimum atomic E-state index is 0.601. The van der Waals surface area contributed by atoms with E-state index in [9.17, 15) is 0 Å². The van der Waals surface area contributed by atoms with E-state index in [4.69, 9.17) is 15.0 Å². The maximum Gasteiger partial charge on any atom is 0.164 e. The summed E-state index contributed by atoms with van der Waals surface area (Å²) in [6.45, 7) is 2.19. The van der Waals surface area contributed by atoms with Crippen LogP contribution in [0.1, 0.15) is 5.56 Å². The lowest BCUT2D eigenvalue weighted by atomic mass is 9.97. The van der Waals surface area contributed by atoms with Gasteiger partial charge in [0.15, 0.2) is 17.5 Å². The van der Waals surface area contributed by atoms with E-state index in [2.05, 4.69) is 222 Å². The van der Waals surface area contributed by atoms with Crippen molar-refractivity contribution in [3.8, 4) is 78.9 Å². The highest BCUT2D eigenvalue weighted by molar-refractivity contribution is 6.13. The molecule has 324 valence electrons. The summed E-state index contributed by atoms with van der Waals surface area (Å²) in [6.07, 6.45) is 0. The topological polar surface area (TPSA) is 48.5 Å². The maximum atomic E-state index is 5.23. The average molecular weight is 882 g/mol. The van der Waals surface area contributed by atoms with Gasteiger partial charge in [0.05, 0.1) is 33.4 Å². The van der Waals surface area contributed by atoms with Crippen LogP contribution in [0.25, 0.3) is 123 Å². The molecule has 0 saturated heterocycles. The molecule has 0 unspecified atom stereocenters. The van der Waals surface area contributed by atoms with Gasteiger partial charge in [0.25, 0.3) is 0 Å². The van der Waals surface area contributed by atoms with Crippen LogP contribution >= 0.6 is 0 Å². The molecule has 10 aromatic carbocycles. The Kier molecular flexibility index (Phi) is 9.65. The lowest BCUT2D eigenvalue weighted by Crippen LogP contribution is -2.04.